The lowest BCUT2D eigenvalue weighted by Gasteiger charge is -2.30. The number of hydrogen-bond donors (Lipinski definition) is 0. The highest BCUT2D eigenvalue weighted by Gasteiger charge is 2.25. The first-order valence-corrected chi connectivity index (χ1v) is 10.8. The fraction of sp³-hybridized carbons (Fsp3) is 0.409. The minimum atomic E-state index is -0.172. The second-order valence-electron chi connectivity index (χ2n) is 6.98. The first kappa shape index (κ1) is 20.4. The van der Waals surface area contributed by atoms with Crippen molar-refractivity contribution in [1.29, 1.82) is 0 Å². The molecule has 148 valence electrons. The van der Waals surface area contributed by atoms with E-state index < -0.39 is 0 Å². The fourth-order valence-corrected chi connectivity index (χ4v) is 3.95. The van der Waals surface area contributed by atoms with E-state index in [-0.39, 0.29) is 18.4 Å². The Kier molecular flexibility index (Phi) is 7.09. The number of aromatic nitrogens is 1. The van der Waals surface area contributed by atoms with Crippen molar-refractivity contribution >= 4 is 29.3 Å². The Hall–Kier alpha value is -2.34. The number of thioether (sulfide) groups is 1. The lowest BCUT2D eigenvalue weighted by atomic mass is 10.1. The molecule has 1 aliphatic heterocycles. The van der Waals surface area contributed by atoms with E-state index in [1.165, 1.54) is 6.42 Å². The number of benzene rings is 1. The maximum absolute atomic E-state index is 13.3. The summed E-state index contributed by atoms with van der Waals surface area (Å²) in [7, 11) is 0. The van der Waals surface area contributed by atoms with Crippen molar-refractivity contribution in [2.75, 3.05) is 30.3 Å². The van der Waals surface area contributed by atoms with Crippen LogP contribution in [0.1, 0.15) is 42.1 Å². The SMILES string of the molecule is CCSc1cc(C(=O)N(CC(=O)N2CCCCC2)c2ccc(C)cc2)ccn1. The number of nitrogens with zero attached hydrogens (tertiary/aromatic N) is 3. The Morgan fingerprint density at radius 2 is 1.82 bits per heavy atom. The van der Waals surface area contributed by atoms with Crippen molar-refractivity contribution in [3.8, 4) is 0 Å². The summed E-state index contributed by atoms with van der Waals surface area (Å²) >= 11 is 1.60. The van der Waals surface area contributed by atoms with Gasteiger partial charge in [-0.1, -0.05) is 24.6 Å². The van der Waals surface area contributed by atoms with E-state index >= 15 is 0 Å². The topological polar surface area (TPSA) is 53.5 Å². The number of anilines is 1. The number of piperidine rings is 1. The first-order chi connectivity index (χ1) is 13.6. The predicted molar refractivity (Wildman–Crippen MR) is 114 cm³/mol. The summed E-state index contributed by atoms with van der Waals surface area (Å²) in [6.07, 6.45) is 4.89. The molecule has 2 aromatic rings. The molecule has 28 heavy (non-hydrogen) atoms. The third-order valence-corrected chi connectivity index (χ3v) is 5.67. The summed E-state index contributed by atoms with van der Waals surface area (Å²) in [5.74, 6) is 0.722. The Morgan fingerprint density at radius 1 is 1.11 bits per heavy atom. The Labute approximate surface area is 171 Å². The number of likely N-dealkylation sites (tertiary alicyclic amines) is 1. The van der Waals surface area contributed by atoms with Crippen LogP contribution in [0.3, 0.4) is 0 Å². The van der Waals surface area contributed by atoms with Crippen LogP contribution in [0.4, 0.5) is 5.69 Å². The smallest absolute Gasteiger partial charge is 0.258 e. The van der Waals surface area contributed by atoms with Gasteiger partial charge in [-0.3, -0.25) is 14.5 Å². The van der Waals surface area contributed by atoms with Crippen molar-refractivity contribution in [3.05, 3.63) is 53.7 Å². The minimum Gasteiger partial charge on any atom is -0.341 e. The summed E-state index contributed by atoms with van der Waals surface area (Å²) in [4.78, 5) is 34.0. The molecule has 3 rings (SSSR count). The number of aryl methyl sites for hydroxylation is 1. The van der Waals surface area contributed by atoms with Gasteiger partial charge in [0.15, 0.2) is 0 Å². The zero-order valence-electron chi connectivity index (χ0n) is 16.6. The van der Waals surface area contributed by atoms with Crippen LogP contribution in [0.2, 0.25) is 0 Å². The van der Waals surface area contributed by atoms with Gasteiger partial charge >= 0.3 is 0 Å². The highest BCUT2D eigenvalue weighted by Crippen LogP contribution is 2.21. The molecule has 0 saturated carbocycles. The van der Waals surface area contributed by atoms with Crippen LogP contribution in [0.15, 0.2) is 47.6 Å². The van der Waals surface area contributed by atoms with Crippen LogP contribution in [-0.4, -0.2) is 47.1 Å². The van der Waals surface area contributed by atoms with Gasteiger partial charge in [0, 0.05) is 30.5 Å². The van der Waals surface area contributed by atoms with E-state index in [1.807, 2.05) is 42.2 Å². The number of pyridine rings is 1. The maximum atomic E-state index is 13.3. The lowest BCUT2D eigenvalue weighted by molar-refractivity contribution is -0.130. The number of hydrogen-bond acceptors (Lipinski definition) is 4. The van der Waals surface area contributed by atoms with Crippen LogP contribution >= 0.6 is 11.8 Å². The van der Waals surface area contributed by atoms with Gasteiger partial charge in [0.1, 0.15) is 6.54 Å². The Morgan fingerprint density at radius 3 is 2.50 bits per heavy atom. The van der Waals surface area contributed by atoms with Crippen LogP contribution in [0, 0.1) is 6.92 Å². The molecule has 1 aromatic carbocycles. The van der Waals surface area contributed by atoms with E-state index in [9.17, 15) is 9.59 Å². The van der Waals surface area contributed by atoms with Gasteiger partial charge in [-0.05, 0) is 56.2 Å². The molecule has 6 heteroatoms. The van der Waals surface area contributed by atoms with Crippen molar-refractivity contribution in [1.82, 2.24) is 9.88 Å². The summed E-state index contributed by atoms with van der Waals surface area (Å²) in [5.41, 5.74) is 2.41. The molecule has 1 aliphatic rings. The summed E-state index contributed by atoms with van der Waals surface area (Å²) in [5, 5.41) is 0.819. The third-order valence-electron chi connectivity index (χ3n) is 4.87. The molecule has 1 aromatic heterocycles. The van der Waals surface area contributed by atoms with Gasteiger partial charge in [0.25, 0.3) is 5.91 Å². The second kappa shape index (κ2) is 9.73. The summed E-state index contributed by atoms with van der Waals surface area (Å²) in [6.45, 7) is 5.67. The molecule has 1 fully saturated rings. The van der Waals surface area contributed by atoms with Crippen LogP contribution in [0.5, 0.6) is 0 Å². The molecular formula is C22H27N3O2S. The zero-order chi connectivity index (χ0) is 19.9. The molecule has 1 saturated heterocycles. The maximum Gasteiger partial charge on any atom is 0.258 e. The van der Waals surface area contributed by atoms with E-state index in [4.69, 9.17) is 0 Å². The van der Waals surface area contributed by atoms with E-state index in [2.05, 4.69) is 11.9 Å². The van der Waals surface area contributed by atoms with Gasteiger partial charge in [0.05, 0.1) is 5.03 Å². The predicted octanol–water partition coefficient (Wildman–Crippen LogP) is 4.16. The van der Waals surface area contributed by atoms with E-state index in [0.717, 1.165) is 48.0 Å². The quantitative estimate of drug-likeness (QED) is 0.687. The molecule has 0 bridgehead atoms. The van der Waals surface area contributed by atoms with Gasteiger partial charge < -0.3 is 4.90 Å². The fourth-order valence-electron chi connectivity index (χ4n) is 3.31. The molecule has 2 heterocycles. The summed E-state index contributed by atoms with van der Waals surface area (Å²) in [6, 6.07) is 11.3. The molecule has 0 aliphatic carbocycles. The number of carbonyl (C=O) groups is 2. The van der Waals surface area contributed by atoms with Crippen LogP contribution in [0.25, 0.3) is 0 Å². The molecule has 0 unspecified atom stereocenters. The zero-order valence-corrected chi connectivity index (χ0v) is 17.4. The molecule has 5 nitrogen and oxygen atoms in total. The van der Waals surface area contributed by atoms with Gasteiger partial charge in [-0.25, -0.2) is 4.98 Å². The number of carbonyl (C=O) groups excluding carboxylic acids is 2. The van der Waals surface area contributed by atoms with Crippen LogP contribution < -0.4 is 4.90 Å². The standard InChI is InChI=1S/C22H27N3O2S/c1-3-28-20-15-18(11-12-23-20)22(27)25(19-9-7-17(2)8-10-19)16-21(26)24-13-5-4-6-14-24/h7-12,15H,3-6,13-14,16H2,1-2H3. The summed E-state index contributed by atoms with van der Waals surface area (Å²) < 4.78 is 0. The number of amides is 2. The molecule has 0 N–H and O–H groups in total. The lowest BCUT2D eigenvalue weighted by Crippen LogP contribution is -2.45. The molecule has 0 atom stereocenters. The number of rotatable bonds is 6. The molecule has 2 amide bonds. The Bertz CT molecular complexity index is 817. The highest BCUT2D eigenvalue weighted by atomic mass is 32.2. The highest BCUT2D eigenvalue weighted by molar-refractivity contribution is 7.99. The average Bonchev–Trinajstić information content (AvgIpc) is 2.73. The third kappa shape index (κ3) is 5.13. The van der Waals surface area contributed by atoms with E-state index in [1.54, 1.807) is 28.9 Å². The van der Waals surface area contributed by atoms with E-state index in [0.29, 0.717) is 5.56 Å². The first-order valence-electron chi connectivity index (χ1n) is 9.83. The van der Waals surface area contributed by atoms with Gasteiger partial charge in [-0.2, -0.15) is 0 Å². The molecule has 0 radical (unpaired) electrons. The minimum absolute atomic E-state index is 0.00541. The largest absolute Gasteiger partial charge is 0.341 e. The van der Waals surface area contributed by atoms with Crippen molar-refractivity contribution in [2.24, 2.45) is 0 Å². The van der Waals surface area contributed by atoms with Gasteiger partial charge in [-0.15, -0.1) is 11.8 Å². The average molecular weight is 398 g/mol. The van der Waals surface area contributed by atoms with Crippen molar-refractivity contribution < 1.29 is 9.59 Å². The molecule has 0 spiro atoms. The second-order valence-corrected chi connectivity index (χ2v) is 8.27. The Balaban J connectivity index is 1.86. The normalized spacial score (nSPS) is 14.0. The van der Waals surface area contributed by atoms with Crippen molar-refractivity contribution in [2.45, 2.75) is 38.1 Å². The van der Waals surface area contributed by atoms with Gasteiger partial charge in [0.2, 0.25) is 5.91 Å². The monoisotopic (exact) mass is 397 g/mol. The van der Waals surface area contributed by atoms with Crippen LogP contribution in [-0.2, 0) is 4.79 Å². The molecular weight excluding hydrogens is 370 g/mol. The van der Waals surface area contributed by atoms with Crippen molar-refractivity contribution in [3.63, 3.8) is 0 Å².